The Morgan fingerprint density at radius 2 is 1.92 bits per heavy atom. The lowest BCUT2D eigenvalue weighted by atomic mass is 10.1. The van der Waals surface area contributed by atoms with E-state index in [1.165, 1.54) is 6.07 Å². The van der Waals surface area contributed by atoms with Crippen LogP contribution in [0.2, 0.25) is 0 Å². The lowest BCUT2D eigenvalue weighted by Crippen LogP contribution is -2.13. The van der Waals surface area contributed by atoms with E-state index in [4.69, 9.17) is 4.42 Å². The van der Waals surface area contributed by atoms with E-state index in [1.54, 1.807) is 6.20 Å². The highest BCUT2D eigenvalue weighted by Crippen LogP contribution is 2.21. The molecule has 6 heteroatoms. The van der Waals surface area contributed by atoms with Crippen molar-refractivity contribution < 1.29 is 18.0 Å². The zero-order valence-electron chi connectivity index (χ0n) is 13.6. The number of carbonyl (C=O) groups excluding carboxylic acids is 1. The molecule has 0 aliphatic carbocycles. The lowest BCUT2D eigenvalue weighted by Gasteiger charge is -2.05. The number of anilines is 1. The number of nitrogens with one attached hydrogen (secondary N) is 1. The quantitative estimate of drug-likeness (QED) is 0.743. The van der Waals surface area contributed by atoms with E-state index in [2.05, 4.69) is 10.3 Å². The van der Waals surface area contributed by atoms with Crippen molar-refractivity contribution in [2.24, 2.45) is 0 Å². The van der Waals surface area contributed by atoms with Crippen molar-refractivity contribution in [2.45, 2.75) is 19.8 Å². The zero-order valence-corrected chi connectivity index (χ0v) is 13.6. The number of benzene rings is 2. The Morgan fingerprint density at radius 1 is 1.16 bits per heavy atom. The van der Waals surface area contributed by atoms with Gasteiger partial charge in [-0.15, -0.1) is 0 Å². The van der Waals surface area contributed by atoms with Crippen LogP contribution in [0.15, 0.2) is 53.1 Å². The summed E-state index contributed by atoms with van der Waals surface area (Å²) in [4.78, 5) is 16.0. The third kappa shape index (κ3) is 4.29. The second-order valence-electron chi connectivity index (χ2n) is 5.66. The molecule has 25 heavy (non-hydrogen) atoms. The second kappa shape index (κ2) is 7.25. The number of rotatable bonds is 5. The average molecular weight is 342 g/mol. The molecule has 1 aromatic heterocycles. The molecule has 4 nitrogen and oxygen atoms in total. The Kier molecular flexibility index (Phi) is 4.88. The first-order valence-electron chi connectivity index (χ1n) is 7.78. The van der Waals surface area contributed by atoms with Crippen LogP contribution in [0.1, 0.15) is 17.9 Å². The number of oxazole rings is 1. The van der Waals surface area contributed by atoms with Crippen LogP contribution in [-0.4, -0.2) is 10.9 Å². The molecule has 1 amide bonds. The maximum absolute atomic E-state index is 13.5. The fourth-order valence-corrected chi connectivity index (χ4v) is 2.30. The SMILES string of the molecule is Cc1ccc(-c2cnc(CCC(=O)Nc3ccc(F)cc3F)o2)cc1. The van der Waals surface area contributed by atoms with E-state index >= 15 is 0 Å². The van der Waals surface area contributed by atoms with Gasteiger partial charge in [-0.05, 0) is 19.1 Å². The number of amides is 1. The molecule has 0 aliphatic rings. The molecule has 0 saturated heterocycles. The third-order valence-corrected chi connectivity index (χ3v) is 3.66. The molecular formula is C19H16F2N2O2. The van der Waals surface area contributed by atoms with Gasteiger partial charge in [0.2, 0.25) is 5.91 Å². The minimum Gasteiger partial charge on any atom is -0.441 e. The van der Waals surface area contributed by atoms with Gasteiger partial charge in [-0.25, -0.2) is 13.8 Å². The largest absolute Gasteiger partial charge is 0.441 e. The third-order valence-electron chi connectivity index (χ3n) is 3.66. The van der Waals surface area contributed by atoms with E-state index in [-0.39, 0.29) is 18.5 Å². The van der Waals surface area contributed by atoms with Crippen molar-refractivity contribution in [3.05, 3.63) is 71.8 Å². The first-order chi connectivity index (χ1) is 12.0. The van der Waals surface area contributed by atoms with E-state index in [1.807, 2.05) is 31.2 Å². The van der Waals surface area contributed by atoms with Crippen LogP contribution < -0.4 is 5.32 Å². The molecule has 128 valence electrons. The topological polar surface area (TPSA) is 55.1 Å². The molecule has 0 spiro atoms. The second-order valence-corrected chi connectivity index (χ2v) is 5.66. The summed E-state index contributed by atoms with van der Waals surface area (Å²) in [5, 5.41) is 2.40. The fraction of sp³-hybridized carbons (Fsp3) is 0.158. The molecule has 1 heterocycles. The smallest absolute Gasteiger partial charge is 0.224 e. The van der Waals surface area contributed by atoms with Gasteiger partial charge in [0, 0.05) is 24.5 Å². The summed E-state index contributed by atoms with van der Waals surface area (Å²) < 4.78 is 32.0. The lowest BCUT2D eigenvalue weighted by molar-refractivity contribution is -0.116. The monoisotopic (exact) mass is 342 g/mol. The van der Waals surface area contributed by atoms with Crippen molar-refractivity contribution in [1.29, 1.82) is 0 Å². The summed E-state index contributed by atoms with van der Waals surface area (Å²) in [6.07, 6.45) is 1.96. The summed E-state index contributed by atoms with van der Waals surface area (Å²) in [6.45, 7) is 2.00. The highest BCUT2D eigenvalue weighted by molar-refractivity contribution is 5.90. The van der Waals surface area contributed by atoms with Gasteiger partial charge in [-0.3, -0.25) is 4.79 Å². The van der Waals surface area contributed by atoms with Crippen molar-refractivity contribution >= 4 is 11.6 Å². The molecule has 0 radical (unpaired) electrons. The van der Waals surface area contributed by atoms with Crippen molar-refractivity contribution in [3.8, 4) is 11.3 Å². The van der Waals surface area contributed by atoms with Gasteiger partial charge in [-0.2, -0.15) is 0 Å². The van der Waals surface area contributed by atoms with Gasteiger partial charge >= 0.3 is 0 Å². The van der Waals surface area contributed by atoms with Gasteiger partial charge in [0.1, 0.15) is 11.6 Å². The number of aromatic nitrogens is 1. The van der Waals surface area contributed by atoms with Gasteiger partial charge in [0.25, 0.3) is 0 Å². The number of carbonyl (C=O) groups is 1. The summed E-state index contributed by atoms with van der Waals surface area (Å²) in [7, 11) is 0. The van der Waals surface area contributed by atoms with Crippen molar-refractivity contribution in [2.75, 3.05) is 5.32 Å². The number of hydrogen-bond donors (Lipinski definition) is 1. The molecule has 0 atom stereocenters. The first kappa shape index (κ1) is 16.8. The summed E-state index contributed by atoms with van der Waals surface area (Å²) in [5.41, 5.74) is 1.99. The van der Waals surface area contributed by atoms with Crippen molar-refractivity contribution in [3.63, 3.8) is 0 Å². The van der Waals surface area contributed by atoms with Gasteiger partial charge in [0.15, 0.2) is 11.7 Å². The number of aryl methyl sites for hydroxylation is 2. The van der Waals surface area contributed by atoms with Crippen LogP contribution in [-0.2, 0) is 11.2 Å². The van der Waals surface area contributed by atoms with Crippen molar-refractivity contribution in [1.82, 2.24) is 4.98 Å². The zero-order chi connectivity index (χ0) is 17.8. The maximum Gasteiger partial charge on any atom is 0.224 e. The van der Waals surface area contributed by atoms with E-state index in [9.17, 15) is 13.6 Å². The predicted molar refractivity (Wildman–Crippen MR) is 90.0 cm³/mol. The molecule has 3 aromatic rings. The summed E-state index contributed by atoms with van der Waals surface area (Å²) in [6, 6.07) is 10.8. The fourth-order valence-electron chi connectivity index (χ4n) is 2.30. The molecule has 2 aromatic carbocycles. The van der Waals surface area contributed by atoms with Gasteiger partial charge < -0.3 is 9.73 Å². The van der Waals surface area contributed by atoms with E-state index < -0.39 is 17.5 Å². The number of hydrogen-bond acceptors (Lipinski definition) is 3. The first-order valence-corrected chi connectivity index (χ1v) is 7.78. The molecule has 1 N–H and O–H groups in total. The molecule has 0 aliphatic heterocycles. The Bertz CT molecular complexity index is 889. The Hall–Kier alpha value is -3.02. The Labute approximate surface area is 143 Å². The molecule has 0 bridgehead atoms. The molecule has 0 unspecified atom stereocenters. The van der Waals surface area contributed by atoms with Gasteiger partial charge in [0.05, 0.1) is 11.9 Å². The van der Waals surface area contributed by atoms with Crippen LogP contribution in [0.4, 0.5) is 14.5 Å². The minimum absolute atomic E-state index is 0.0563. The highest BCUT2D eigenvalue weighted by Gasteiger charge is 2.11. The Balaban J connectivity index is 1.58. The number of halogens is 2. The number of nitrogens with zero attached hydrogens (tertiary/aromatic N) is 1. The highest BCUT2D eigenvalue weighted by atomic mass is 19.1. The molecule has 0 saturated carbocycles. The van der Waals surface area contributed by atoms with Crippen LogP contribution in [0.25, 0.3) is 11.3 Å². The predicted octanol–water partition coefficient (Wildman–Crippen LogP) is 4.50. The summed E-state index contributed by atoms with van der Waals surface area (Å²) >= 11 is 0. The normalized spacial score (nSPS) is 10.7. The van der Waals surface area contributed by atoms with Crippen LogP contribution in [0, 0.1) is 18.6 Å². The average Bonchev–Trinajstić information content (AvgIpc) is 3.05. The molecule has 3 rings (SSSR count). The van der Waals surface area contributed by atoms with Crippen LogP contribution >= 0.6 is 0 Å². The molecular weight excluding hydrogens is 326 g/mol. The Morgan fingerprint density at radius 3 is 2.64 bits per heavy atom. The van der Waals surface area contributed by atoms with Gasteiger partial charge in [-0.1, -0.05) is 29.8 Å². The van der Waals surface area contributed by atoms with E-state index in [0.717, 1.165) is 23.3 Å². The van der Waals surface area contributed by atoms with Crippen LogP contribution in [0.5, 0.6) is 0 Å². The standard InChI is InChI=1S/C19H16F2N2O2/c1-12-2-4-13(5-3-12)17-11-22-19(25-17)9-8-18(24)23-16-7-6-14(20)10-15(16)21/h2-7,10-11H,8-9H2,1H3,(H,23,24). The van der Waals surface area contributed by atoms with Crippen LogP contribution in [0.3, 0.4) is 0 Å². The maximum atomic E-state index is 13.5. The molecule has 0 fully saturated rings. The van der Waals surface area contributed by atoms with E-state index in [0.29, 0.717) is 11.7 Å². The minimum atomic E-state index is -0.814. The summed E-state index contributed by atoms with van der Waals surface area (Å²) in [5.74, 6) is -0.865.